The van der Waals surface area contributed by atoms with Crippen molar-refractivity contribution in [2.75, 3.05) is 6.61 Å². The highest BCUT2D eigenvalue weighted by atomic mass is 16.5. The number of carboxylic acids is 1. The van der Waals surface area contributed by atoms with E-state index in [1.807, 2.05) is 0 Å². The second-order valence-corrected chi connectivity index (χ2v) is 1.92. The fourth-order valence-electron chi connectivity index (χ4n) is 0.613. The van der Waals surface area contributed by atoms with Gasteiger partial charge in [0.05, 0.1) is 0 Å². The third kappa shape index (κ3) is 2.71. The molecule has 0 unspecified atom stereocenters. The van der Waals surface area contributed by atoms with Crippen molar-refractivity contribution in [3.63, 3.8) is 0 Å². The molecule has 3 nitrogen and oxygen atoms in total. The van der Waals surface area contributed by atoms with Crippen LogP contribution in [0.15, 0.2) is 24.3 Å². The summed E-state index contributed by atoms with van der Waals surface area (Å²) in [6, 6.07) is 9.43. The van der Waals surface area contributed by atoms with Crippen LogP contribution in [0.1, 0.15) is 0 Å². The van der Waals surface area contributed by atoms with Gasteiger partial charge in [-0.2, -0.15) is 0 Å². The minimum absolute atomic E-state index is 0.302. The van der Waals surface area contributed by atoms with E-state index >= 15 is 0 Å². The van der Waals surface area contributed by atoms with Gasteiger partial charge in [0.1, 0.15) is 5.75 Å². The molecule has 0 fully saturated rings. The molecule has 11 heavy (non-hydrogen) atoms. The van der Waals surface area contributed by atoms with Crippen molar-refractivity contribution in [3.8, 4) is 5.75 Å². The molecule has 1 aromatic rings. The zero-order valence-corrected chi connectivity index (χ0v) is 5.78. The van der Waals surface area contributed by atoms with Crippen LogP contribution in [0.25, 0.3) is 0 Å². The Morgan fingerprint density at radius 3 is 2.73 bits per heavy atom. The van der Waals surface area contributed by atoms with Gasteiger partial charge in [-0.15, -0.1) is 0 Å². The molecule has 1 rings (SSSR count). The highest BCUT2D eigenvalue weighted by molar-refractivity contribution is 5.68. The van der Waals surface area contributed by atoms with Crippen molar-refractivity contribution in [2.45, 2.75) is 0 Å². The normalized spacial score (nSPS) is 9.09. The number of rotatable bonds is 3. The molecule has 0 aliphatic carbocycles. The summed E-state index contributed by atoms with van der Waals surface area (Å²) in [4.78, 5) is 10.0. The lowest BCUT2D eigenvalue weighted by molar-refractivity contribution is -0.139. The summed E-state index contributed by atoms with van der Waals surface area (Å²) in [6.45, 7) is -0.302. The average Bonchev–Trinajstić information content (AvgIpc) is 2.03. The summed E-state index contributed by atoms with van der Waals surface area (Å²) >= 11 is 0. The van der Waals surface area contributed by atoms with E-state index in [4.69, 9.17) is 9.84 Å². The first-order valence-corrected chi connectivity index (χ1v) is 3.10. The third-order valence-electron chi connectivity index (χ3n) is 1.05. The van der Waals surface area contributed by atoms with Crippen molar-refractivity contribution in [1.82, 2.24) is 0 Å². The van der Waals surface area contributed by atoms with Crippen LogP contribution in [-0.4, -0.2) is 17.7 Å². The van der Waals surface area contributed by atoms with Gasteiger partial charge in [-0.05, 0) is 18.2 Å². The number of carbonyl (C=O) groups is 1. The molecule has 0 atom stereocenters. The highest BCUT2D eigenvalue weighted by Gasteiger charge is 1.96. The SMILES string of the molecule is O=C(O)COc1cc[c]cc1. The van der Waals surface area contributed by atoms with Crippen LogP contribution in [0.4, 0.5) is 0 Å². The maximum atomic E-state index is 10.0. The Kier molecular flexibility index (Phi) is 2.49. The Hall–Kier alpha value is -1.51. The van der Waals surface area contributed by atoms with E-state index in [1.54, 1.807) is 24.3 Å². The van der Waals surface area contributed by atoms with Gasteiger partial charge in [-0.1, -0.05) is 12.1 Å². The second kappa shape index (κ2) is 3.61. The summed E-state index contributed by atoms with van der Waals surface area (Å²) in [5.74, 6) is -0.427. The van der Waals surface area contributed by atoms with E-state index in [-0.39, 0.29) is 6.61 Å². The largest absolute Gasteiger partial charge is 0.482 e. The van der Waals surface area contributed by atoms with Crippen LogP contribution in [0.2, 0.25) is 0 Å². The van der Waals surface area contributed by atoms with Crippen molar-refractivity contribution >= 4 is 5.97 Å². The zero-order chi connectivity index (χ0) is 8.10. The molecule has 1 aromatic carbocycles. The van der Waals surface area contributed by atoms with Crippen LogP contribution in [0, 0.1) is 6.07 Å². The van der Waals surface area contributed by atoms with Crippen LogP contribution >= 0.6 is 0 Å². The lowest BCUT2D eigenvalue weighted by atomic mass is 10.3. The number of carboxylic acid groups (broad SMARTS) is 1. The molecule has 3 heteroatoms. The Balaban J connectivity index is 2.45. The molecule has 0 aliphatic heterocycles. The zero-order valence-electron chi connectivity index (χ0n) is 5.78. The van der Waals surface area contributed by atoms with Crippen LogP contribution < -0.4 is 4.74 Å². The van der Waals surface area contributed by atoms with E-state index in [1.165, 1.54) is 0 Å². The predicted octanol–water partition coefficient (Wildman–Crippen LogP) is 0.950. The molecule has 0 bridgehead atoms. The minimum atomic E-state index is -0.974. The number of hydrogen-bond donors (Lipinski definition) is 1. The fraction of sp³-hybridized carbons (Fsp3) is 0.125. The van der Waals surface area contributed by atoms with Gasteiger partial charge in [0.2, 0.25) is 0 Å². The van der Waals surface area contributed by atoms with E-state index < -0.39 is 5.97 Å². The first kappa shape index (κ1) is 7.60. The van der Waals surface area contributed by atoms with E-state index in [0.717, 1.165) is 0 Å². The quantitative estimate of drug-likeness (QED) is 0.699. The molecule has 0 spiro atoms. The maximum absolute atomic E-state index is 10.0. The van der Waals surface area contributed by atoms with Gasteiger partial charge in [0, 0.05) is 0 Å². The van der Waals surface area contributed by atoms with Gasteiger partial charge in [-0.25, -0.2) is 4.79 Å². The van der Waals surface area contributed by atoms with Crippen LogP contribution in [0.5, 0.6) is 5.75 Å². The first-order valence-electron chi connectivity index (χ1n) is 3.10. The van der Waals surface area contributed by atoms with Gasteiger partial charge in [0.15, 0.2) is 6.61 Å². The molecule has 0 aromatic heterocycles. The van der Waals surface area contributed by atoms with E-state index in [0.29, 0.717) is 5.75 Å². The Bertz CT molecular complexity index is 230. The van der Waals surface area contributed by atoms with Crippen molar-refractivity contribution in [2.24, 2.45) is 0 Å². The molecule has 1 N–H and O–H groups in total. The number of benzene rings is 1. The highest BCUT2D eigenvalue weighted by Crippen LogP contribution is 2.06. The van der Waals surface area contributed by atoms with Crippen molar-refractivity contribution in [3.05, 3.63) is 30.3 Å². The maximum Gasteiger partial charge on any atom is 0.341 e. The summed E-state index contributed by atoms with van der Waals surface area (Å²) in [7, 11) is 0. The van der Waals surface area contributed by atoms with Gasteiger partial charge in [0.25, 0.3) is 0 Å². The summed E-state index contributed by atoms with van der Waals surface area (Å²) in [5.41, 5.74) is 0. The van der Waals surface area contributed by atoms with E-state index in [2.05, 4.69) is 6.07 Å². The molecular weight excluding hydrogens is 144 g/mol. The molecule has 0 aliphatic rings. The Labute approximate surface area is 64.2 Å². The monoisotopic (exact) mass is 151 g/mol. The topological polar surface area (TPSA) is 46.5 Å². The first-order chi connectivity index (χ1) is 5.29. The summed E-state index contributed by atoms with van der Waals surface area (Å²) in [5, 5.41) is 8.24. The number of aliphatic carboxylic acids is 1. The molecule has 57 valence electrons. The van der Waals surface area contributed by atoms with Crippen molar-refractivity contribution < 1.29 is 14.6 Å². The minimum Gasteiger partial charge on any atom is -0.482 e. The third-order valence-corrected chi connectivity index (χ3v) is 1.05. The lowest BCUT2D eigenvalue weighted by Gasteiger charge is -2.00. The molecule has 0 saturated carbocycles. The molecule has 0 amide bonds. The van der Waals surface area contributed by atoms with E-state index in [9.17, 15) is 4.79 Å². The van der Waals surface area contributed by atoms with Crippen LogP contribution in [-0.2, 0) is 4.79 Å². The van der Waals surface area contributed by atoms with Crippen LogP contribution in [0.3, 0.4) is 0 Å². The molecule has 0 heterocycles. The fourth-order valence-corrected chi connectivity index (χ4v) is 0.613. The van der Waals surface area contributed by atoms with Crippen molar-refractivity contribution in [1.29, 1.82) is 0 Å². The van der Waals surface area contributed by atoms with Gasteiger partial charge in [-0.3, -0.25) is 0 Å². The standard InChI is InChI=1S/C8H7O3/c9-8(10)6-11-7-4-2-1-3-5-7/h2-5H,6H2,(H,9,10). The summed E-state index contributed by atoms with van der Waals surface area (Å²) < 4.78 is 4.85. The second-order valence-electron chi connectivity index (χ2n) is 1.92. The number of ether oxygens (including phenoxy) is 1. The molecule has 0 saturated heterocycles. The molecule has 1 radical (unpaired) electrons. The van der Waals surface area contributed by atoms with Gasteiger partial charge < -0.3 is 9.84 Å². The smallest absolute Gasteiger partial charge is 0.341 e. The van der Waals surface area contributed by atoms with Gasteiger partial charge >= 0.3 is 5.97 Å². The molecular formula is C8H7O3. The Morgan fingerprint density at radius 1 is 1.55 bits per heavy atom. The predicted molar refractivity (Wildman–Crippen MR) is 38.4 cm³/mol. The average molecular weight is 151 g/mol. The Morgan fingerprint density at radius 2 is 2.18 bits per heavy atom. The summed E-state index contributed by atoms with van der Waals surface area (Å²) in [6.07, 6.45) is 0. The lowest BCUT2D eigenvalue weighted by Crippen LogP contribution is -2.09. The number of hydrogen-bond acceptors (Lipinski definition) is 2.